The zero-order valence-corrected chi connectivity index (χ0v) is 17.4. The Bertz CT molecular complexity index is 944. The Morgan fingerprint density at radius 1 is 1.10 bits per heavy atom. The lowest BCUT2D eigenvalue weighted by Crippen LogP contribution is -2.59. The molecule has 1 aliphatic carbocycles. The van der Waals surface area contributed by atoms with Gasteiger partial charge in [0.1, 0.15) is 11.5 Å². The highest BCUT2D eigenvalue weighted by Gasteiger charge is 2.52. The zero-order valence-electron chi connectivity index (χ0n) is 16.5. The summed E-state index contributed by atoms with van der Waals surface area (Å²) < 4.78 is 5.63. The van der Waals surface area contributed by atoms with E-state index in [0.29, 0.717) is 17.7 Å². The first-order chi connectivity index (χ1) is 13.2. The Balaban J connectivity index is 0.00000120. The third-order valence-corrected chi connectivity index (χ3v) is 6.85. The number of piperidine rings is 1. The minimum Gasteiger partial charge on any atom is -0.508 e. The van der Waals surface area contributed by atoms with Crippen molar-refractivity contribution in [2.24, 2.45) is 5.92 Å². The van der Waals surface area contributed by atoms with Crippen LogP contribution in [0.1, 0.15) is 35.8 Å². The van der Waals surface area contributed by atoms with Crippen LogP contribution < -0.4 is 0 Å². The van der Waals surface area contributed by atoms with Crippen LogP contribution in [-0.2, 0) is 18.4 Å². The van der Waals surface area contributed by atoms with Gasteiger partial charge in [-0.1, -0.05) is 43.3 Å². The quantitative estimate of drug-likeness (QED) is 0.694. The Labute approximate surface area is 177 Å². The van der Waals surface area contributed by atoms with Crippen molar-refractivity contribution in [3.63, 3.8) is 0 Å². The molecule has 2 bridgehead atoms. The number of phenolic OH excluding ortho intramolecular Hbond substituents is 1. The summed E-state index contributed by atoms with van der Waals surface area (Å²) in [5.74, 6) is 1.86. The summed E-state index contributed by atoms with van der Waals surface area (Å²) in [4.78, 5) is 2.58. The van der Waals surface area contributed by atoms with Gasteiger partial charge in [0.25, 0.3) is 0 Å². The number of hydrogen-bond acceptors (Lipinski definition) is 3. The minimum atomic E-state index is -0.0437. The molecule has 0 spiro atoms. The van der Waals surface area contributed by atoms with Gasteiger partial charge in [-0.05, 0) is 59.7 Å². The second kappa shape index (κ2) is 8.23. The third kappa shape index (κ3) is 3.35. The smallest absolute Gasteiger partial charge is 0.117 e. The molecule has 3 atom stereocenters. The maximum atomic E-state index is 10.2. The van der Waals surface area contributed by atoms with Crippen molar-refractivity contribution in [2.45, 2.75) is 37.8 Å². The molecule has 0 saturated carbocycles. The molecule has 0 amide bonds. The highest BCUT2D eigenvalue weighted by Crippen LogP contribution is 2.53. The molecule has 5 heteroatoms. The monoisotopic (exact) mass is 413 g/mol. The molecule has 2 heterocycles. The van der Waals surface area contributed by atoms with Crippen molar-refractivity contribution in [1.29, 1.82) is 0 Å². The van der Waals surface area contributed by atoms with Crippen LogP contribution in [0.2, 0.25) is 0 Å². The third-order valence-electron chi connectivity index (χ3n) is 6.85. The lowest BCUT2D eigenvalue weighted by atomic mass is 9.55. The van der Waals surface area contributed by atoms with Crippen LogP contribution in [0.25, 0.3) is 0 Å². The van der Waals surface area contributed by atoms with Crippen molar-refractivity contribution in [3.8, 4) is 5.75 Å². The zero-order chi connectivity index (χ0) is 18.4. The van der Waals surface area contributed by atoms with Gasteiger partial charge in [0.15, 0.2) is 0 Å². The number of furan rings is 1. The van der Waals surface area contributed by atoms with Crippen LogP contribution in [0.15, 0.2) is 71.3 Å². The van der Waals surface area contributed by atoms with E-state index in [0.717, 1.165) is 31.7 Å². The molecule has 1 aliphatic heterocycles. The van der Waals surface area contributed by atoms with Crippen molar-refractivity contribution < 1.29 is 15.0 Å². The van der Waals surface area contributed by atoms with Crippen molar-refractivity contribution >= 4 is 12.4 Å². The summed E-state index contributed by atoms with van der Waals surface area (Å²) in [6, 6.07) is 21.3. The normalized spacial score (nSPS) is 25.4. The highest BCUT2D eigenvalue weighted by atomic mass is 35.5. The summed E-state index contributed by atoms with van der Waals surface area (Å²) in [5, 5.41) is 10.2. The van der Waals surface area contributed by atoms with Crippen LogP contribution in [0.3, 0.4) is 0 Å². The van der Waals surface area contributed by atoms with Crippen LogP contribution in [-0.4, -0.2) is 28.1 Å². The molecule has 3 unspecified atom stereocenters. The molecule has 1 fully saturated rings. The summed E-state index contributed by atoms with van der Waals surface area (Å²) >= 11 is 0. The van der Waals surface area contributed by atoms with Crippen LogP contribution in [0.5, 0.6) is 5.75 Å². The number of nitrogens with zero attached hydrogens (tertiary/aromatic N) is 1. The number of aromatic hydroxyl groups is 1. The Morgan fingerprint density at radius 2 is 1.90 bits per heavy atom. The van der Waals surface area contributed by atoms with Gasteiger partial charge in [0, 0.05) is 18.0 Å². The fraction of sp³-hybridized carbons (Fsp3) is 0.333. The molecule has 2 aromatic carbocycles. The van der Waals surface area contributed by atoms with Crippen LogP contribution in [0.4, 0.5) is 0 Å². The average Bonchev–Trinajstić information content (AvgIpc) is 3.19. The van der Waals surface area contributed by atoms with E-state index in [-0.39, 0.29) is 23.3 Å². The van der Waals surface area contributed by atoms with Gasteiger partial charge in [-0.3, -0.25) is 4.90 Å². The predicted molar refractivity (Wildman–Crippen MR) is 117 cm³/mol. The summed E-state index contributed by atoms with van der Waals surface area (Å²) in [6.45, 7) is 4.28. The molecule has 5 rings (SSSR count). The molecule has 4 nitrogen and oxygen atoms in total. The lowest BCUT2D eigenvalue weighted by molar-refractivity contribution is 0.0306. The first-order valence-corrected chi connectivity index (χ1v) is 9.83. The second-order valence-corrected chi connectivity index (χ2v) is 8.04. The molecule has 29 heavy (non-hydrogen) atoms. The number of rotatable bonds is 3. The lowest BCUT2D eigenvalue weighted by Gasteiger charge is -2.56. The van der Waals surface area contributed by atoms with E-state index in [4.69, 9.17) is 4.42 Å². The Kier molecular flexibility index (Phi) is 6.08. The molecule has 154 valence electrons. The molecule has 0 radical (unpaired) electrons. The molecule has 2 aliphatic rings. The van der Waals surface area contributed by atoms with Gasteiger partial charge in [0.05, 0.1) is 12.8 Å². The van der Waals surface area contributed by atoms with E-state index < -0.39 is 0 Å². The summed E-state index contributed by atoms with van der Waals surface area (Å²) in [7, 11) is 0. The van der Waals surface area contributed by atoms with Gasteiger partial charge in [-0.15, -0.1) is 12.4 Å². The predicted octanol–water partition coefficient (Wildman–Crippen LogP) is 4.34. The van der Waals surface area contributed by atoms with E-state index in [2.05, 4.69) is 54.3 Å². The van der Waals surface area contributed by atoms with Gasteiger partial charge in [0.2, 0.25) is 0 Å². The number of likely N-dealkylation sites (tertiary alicyclic amines) is 1. The van der Waals surface area contributed by atoms with Gasteiger partial charge in [-0.25, -0.2) is 0 Å². The fourth-order valence-corrected chi connectivity index (χ4v) is 5.52. The Morgan fingerprint density at radius 3 is 2.62 bits per heavy atom. The maximum Gasteiger partial charge on any atom is 0.117 e. The average molecular weight is 414 g/mol. The number of hydrogen-bond donors (Lipinski definition) is 1. The SMILES string of the molecule is CC1C2Cc3ccc(O)cc3C1(c1ccccc1)CCN2Cc1ccco1.Cl.O. The number of benzene rings is 2. The van der Waals surface area contributed by atoms with Crippen molar-refractivity contribution in [1.82, 2.24) is 4.90 Å². The van der Waals surface area contributed by atoms with Gasteiger partial charge in [-0.2, -0.15) is 0 Å². The standard InChI is InChI=1S/C24H25NO2.ClH.H2O/c1-17-23-14-18-9-10-20(26)15-22(18)24(17,19-6-3-2-4-7-19)11-12-25(23)16-21-8-5-13-27-21;;/h2-10,13,15,17,23,26H,11-12,14,16H2,1H3;1H;1H2. The van der Waals surface area contributed by atoms with E-state index in [1.165, 1.54) is 16.7 Å². The Hall–Kier alpha value is -2.27. The maximum absolute atomic E-state index is 10.2. The van der Waals surface area contributed by atoms with Crippen LogP contribution in [0, 0.1) is 5.92 Å². The summed E-state index contributed by atoms with van der Waals surface area (Å²) in [6.07, 6.45) is 3.83. The molecular formula is C24H28ClNO3. The number of halogens is 1. The van der Waals surface area contributed by atoms with Gasteiger partial charge >= 0.3 is 0 Å². The molecule has 3 aromatic rings. The molecule has 1 saturated heterocycles. The fourth-order valence-electron chi connectivity index (χ4n) is 5.52. The first kappa shape index (κ1) is 21.4. The summed E-state index contributed by atoms with van der Waals surface area (Å²) in [5.41, 5.74) is 4.00. The largest absolute Gasteiger partial charge is 0.508 e. The molecular weight excluding hydrogens is 386 g/mol. The van der Waals surface area contributed by atoms with E-state index in [1.54, 1.807) is 6.26 Å². The molecule has 1 aromatic heterocycles. The van der Waals surface area contributed by atoms with E-state index in [9.17, 15) is 5.11 Å². The second-order valence-electron chi connectivity index (χ2n) is 8.04. The van der Waals surface area contributed by atoms with Crippen molar-refractivity contribution in [2.75, 3.05) is 6.54 Å². The molecule has 3 N–H and O–H groups in total. The number of phenols is 1. The number of fused-ring (bicyclic) bond motifs is 4. The van der Waals surface area contributed by atoms with Gasteiger partial charge < -0.3 is 15.0 Å². The van der Waals surface area contributed by atoms with Crippen LogP contribution >= 0.6 is 12.4 Å². The van der Waals surface area contributed by atoms with E-state index in [1.807, 2.05) is 18.2 Å². The topological polar surface area (TPSA) is 68.1 Å². The minimum absolute atomic E-state index is 0. The highest BCUT2D eigenvalue weighted by molar-refractivity contribution is 5.85. The first-order valence-electron chi connectivity index (χ1n) is 9.83. The van der Waals surface area contributed by atoms with Crippen molar-refractivity contribution in [3.05, 3.63) is 89.4 Å². The van der Waals surface area contributed by atoms with E-state index >= 15 is 0 Å².